The van der Waals surface area contributed by atoms with Crippen molar-refractivity contribution in [2.75, 3.05) is 13.1 Å². The van der Waals surface area contributed by atoms with Crippen LogP contribution in [0.25, 0.3) is 11.0 Å². The number of rotatable bonds is 2. The van der Waals surface area contributed by atoms with Crippen LogP contribution in [0.1, 0.15) is 30.1 Å². The molecule has 7 heteroatoms. The topological polar surface area (TPSA) is 98.1 Å². The number of hydrogen-bond acceptors (Lipinski definition) is 3. The van der Waals surface area contributed by atoms with Crippen molar-refractivity contribution >= 4 is 22.8 Å². The summed E-state index contributed by atoms with van der Waals surface area (Å²) in [6.45, 7) is 2.74. The molecular weight excluding hydrogens is 284 g/mol. The lowest BCUT2D eigenvalue weighted by molar-refractivity contribution is -0.119. The molecule has 0 aliphatic carbocycles. The van der Waals surface area contributed by atoms with Gasteiger partial charge >= 0.3 is 5.69 Å². The van der Waals surface area contributed by atoms with Crippen LogP contribution in [0.15, 0.2) is 23.0 Å². The molecule has 3 N–H and O–H groups in total. The van der Waals surface area contributed by atoms with E-state index in [-0.39, 0.29) is 23.5 Å². The first-order chi connectivity index (χ1) is 10.5. The molecule has 1 aliphatic heterocycles. The summed E-state index contributed by atoms with van der Waals surface area (Å²) in [5.74, 6) is -0.0862. The Labute approximate surface area is 126 Å². The van der Waals surface area contributed by atoms with Crippen LogP contribution in [0.5, 0.6) is 0 Å². The van der Waals surface area contributed by atoms with E-state index in [1.165, 1.54) is 6.92 Å². The van der Waals surface area contributed by atoms with Gasteiger partial charge < -0.3 is 20.2 Å². The lowest BCUT2D eigenvalue weighted by Gasteiger charge is -2.32. The second kappa shape index (κ2) is 5.67. The molecule has 2 amide bonds. The molecule has 7 nitrogen and oxygen atoms in total. The number of H-pyrrole nitrogens is 2. The maximum absolute atomic E-state index is 12.5. The molecule has 1 aliphatic rings. The number of benzene rings is 1. The first-order valence-electron chi connectivity index (χ1n) is 7.31. The van der Waals surface area contributed by atoms with E-state index >= 15 is 0 Å². The van der Waals surface area contributed by atoms with Gasteiger partial charge in [0.25, 0.3) is 5.91 Å². The molecule has 2 heterocycles. The highest BCUT2D eigenvalue weighted by Gasteiger charge is 2.24. The maximum atomic E-state index is 12.5. The number of fused-ring (bicyclic) bond motifs is 1. The van der Waals surface area contributed by atoms with Gasteiger partial charge in [0.15, 0.2) is 0 Å². The summed E-state index contributed by atoms with van der Waals surface area (Å²) in [6, 6.07) is 5.28. The average Bonchev–Trinajstić information content (AvgIpc) is 2.85. The summed E-state index contributed by atoms with van der Waals surface area (Å²) >= 11 is 0. The van der Waals surface area contributed by atoms with Crippen LogP contribution < -0.4 is 11.0 Å². The van der Waals surface area contributed by atoms with Gasteiger partial charge in [0.1, 0.15) is 0 Å². The molecule has 3 rings (SSSR count). The molecular formula is C15H18N4O3. The minimum atomic E-state index is -0.282. The third-order valence-electron chi connectivity index (χ3n) is 3.95. The highest BCUT2D eigenvalue weighted by Crippen LogP contribution is 2.16. The Morgan fingerprint density at radius 2 is 1.86 bits per heavy atom. The van der Waals surface area contributed by atoms with Gasteiger partial charge in [0.05, 0.1) is 11.0 Å². The quantitative estimate of drug-likeness (QED) is 0.757. The normalized spacial score (nSPS) is 16.0. The zero-order chi connectivity index (χ0) is 15.7. The van der Waals surface area contributed by atoms with Crippen LogP contribution in [0.3, 0.4) is 0 Å². The smallest absolute Gasteiger partial charge is 0.323 e. The Bertz CT molecular complexity index is 768. The fourth-order valence-corrected chi connectivity index (χ4v) is 2.86. The highest BCUT2D eigenvalue weighted by molar-refractivity contribution is 5.97. The zero-order valence-corrected chi connectivity index (χ0v) is 12.3. The molecule has 1 fully saturated rings. The molecule has 0 radical (unpaired) electrons. The van der Waals surface area contributed by atoms with E-state index in [4.69, 9.17) is 0 Å². The monoisotopic (exact) mass is 302 g/mol. The van der Waals surface area contributed by atoms with E-state index in [2.05, 4.69) is 15.3 Å². The van der Waals surface area contributed by atoms with Gasteiger partial charge in [-0.3, -0.25) is 9.59 Å². The zero-order valence-electron chi connectivity index (χ0n) is 12.3. The van der Waals surface area contributed by atoms with Gasteiger partial charge in [0.2, 0.25) is 5.91 Å². The van der Waals surface area contributed by atoms with Crippen molar-refractivity contribution < 1.29 is 9.59 Å². The second-order valence-corrected chi connectivity index (χ2v) is 5.61. The Balaban J connectivity index is 1.70. The van der Waals surface area contributed by atoms with Gasteiger partial charge in [-0.05, 0) is 31.0 Å². The largest absolute Gasteiger partial charge is 0.353 e. The van der Waals surface area contributed by atoms with Crippen molar-refractivity contribution in [3.05, 3.63) is 34.2 Å². The molecule has 0 unspecified atom stereocenters. The molecule has 22 heavy (non-hydrogen) atoms. The number of carbonyl (C=O) groups excluding carboxylic acids is 2. The first-order valence-corrected chi connectivity index (χ1v) is 7.31. The second-order valence-electron chi connectivity index (χ2n) is 5.61. The minimum absolute atomic E-state index is 0.0355. The van der Waals surface area contributed by atoms with E-state index in [0.29, 0.717) is 29.7 Å². The number of aromatic nitrogens is 2. The van der Waals surface area contributed by atoms with Crippen molar-refractivity contribution in [3.63, 3.8) is 0 Å². The van der Waals surface area contributed by atoms with Crippen molar-refractivity contribution in [1.82, 2.24) is 20.2 Å². The predicted molar refractivity (Wildman–Crippen MR) is 81.7 cm³/mol. The van der Waals surface area contributed by atoms with Gasteiger partial charge in [-0.2, -0.15) is 0 Å². The van der Waals surface area contributed by atoms with Crippen molar-refractivity contribution in [1.29, 1.82) is 0 Å². The third-order valence-corrected chi connectivity index (χ3v) is 3.95. The lowest BCUT2D eigenvalue weighted by Crippen LogP contribution is -2.46. The van der Waals surface area contributed by atoms with Gasteiger partial charge in [-0.1, -0.05) is 0 Å². The van der Waals surface area contributed by atoms with E-state index in [1.54, 1.807) is 23.1 Å². The molecule has 0 spiro atoms. The van der Waals surface area contributed by atoms with E-state index < -0.39 is 0 Å². The summed E-state index contributed by atoms with van der Waals surface area (Å²) in [4.78, 5) is 41.9. The molecule has 0 bridgehead atoms. The fraction of sp³-hybridized carbons (Fsp3) is 0.400. The van der Waals surface area contributed by atoms with Crippen LogP contribution in [-0.2, 0) is 4.79 Å². The van der Waals surface area contributed by atoms with Gasteiger partial charge in [-0.15, -0.1) is 0 Å². The number of imidazole rings is 1. The molecule has 1 saturated heterocycles. The number of nitrogens with zero attached hydrogens (tertiary/aromatic N) is 1. The van der Waals surface area contributed by atoms with Gasteiger partial charge in [-0.25, -0.2) is 4.79 Å². The number of amides is 2. The average molecular weight is 302 g/mol. The highest BCUT2D eigenvalue weighted by atomic mass is 16.2. The Kier molecular flexibility index (Phi) is 3.70. The molecule has 1 aromatic carbocycles. The summed E-state index contributed by atoms with van der Waals surface area (Å²) in [5.41, 5.74) is 1.59. The third kappa shape index (κ3) is 2.88. The molecule has 0 saturated carbocycles. The van der Waals surface area contributed by atoms with Gasteiger partial charge in [0, 0.05) is 31.6 Å². The maximum Gasteiger partial charge on any atom is 0.323 e. The lowest BCUT2D eigenvalue weighted by atomic mass is 10.0. The Hall–Kier alpha value is -2.57. The summed E-state index contributed by atoms with van der Waals surface area (Å²) < 4.78 is 0. The van der Waals surface area contributed by atoms with Crippen LogP contribution in [0.4, 0.5) is 0 Å². The van der Waals surface area contributed by atoms with Crippen molar-refractivity contribution in [3.8, 4) is 0 Å². The Morgan fingerprint density at radius 3 is 2.55 bits per heavy atom. The van der Waals surface area contributed by atoms with Crippen LogP contribution in [-0.4, -0.2) is 45.8 Å². The van der Waals surface area contributed by atoms with Crippen LogP contribution >= 0.6 is 0 Å². The minimum Gasteiger partial charge on any atom is -0.353 e. The standard InChI is InChI=1S/C15H18N4O3/c1-9(20)16-11-4-6-19(7-5-11)14(21)10-2-3-12-13(8-10)18-15(22)17-12/h2-3,8,11H,4-7H2,1H3,(H,16,20)(H2,17,18,22). The van der Waals surface area contributed by atoms with E-state index in [9.17, 15) is 14.4 Å². The van der Waals surface area contributed by atoms with Crippen molar-refractivity contribution in [2.24, 2.45) is 0 Å². The van der Waals surface area contributed by atoms with Crippen molar-refractivity contribution in [2.45, 2.75) is 25.8 Å². The van der Waals surface area contributed by atoms with Crippen LogP contribution in [0, 0.1) is 0 Å². The first kappa shape index (κ1) is 14.4. The Morgan fingerprint density at radius 1 is 1.18 bits per heavy atom. The number of piperidine rings is 1. The number of nitrogens with one attached hydrogen (secondary N) is 3. The summed E-state index contributed by atoms with van der Waals surface area (Å²) in [7, 11) is 0. The molecule has 1 aromatic heterocycles. The number of aromatic amines is 2. The fourth-order valence-electron chi connectivity index (χ4n) is 2.86. The molecule has 0 atom stereocenters. The SMILES string of the molecule is CC(=O)NC1CCN(C(=O)c2ccc3[nH]c(=O)[nH]c3c2)CC1. The molecule has 2 aromatic rings. The van der Waals surface area contributed by atoms with Crippen LogP contribution in [0.2, 0.25) is 0 Å². The van der Waals surface area contributed by atoms with E-state index in [1.807, 2.05) is 0 Å². The summed E-state index contributed by atoms with van der Waals surface area (Å²) in [6.07, 6.45) is 1.52. The number of likely N-dealkylation sites (tertiary alicyclic amines) is 1. The molecule has 116 valence electrons. The van der Waals surface area contributed by atoms with E-state index in [0.717, 1.165) is 12.8 Å². The number of carbonyl (C=O) groups is 2. The predicted octanol–water partition coefficient (Wildman–Crippen LogP) is 0.597. The summed E-state index contributed by atoms with van der Waals surface area (Å²) in [5, 5.41) is 2.89. The number of hydrogen-bond donors (Lipinski definition) is 3.